The summed E-state index contributed by atoms with van der Waals surface area (Å²) in [5.74, 6) is 0.779. The fourth-order valence-electron chi connectivity index (χ4n) is 2.08. The van der Waals surface area contributed by atoms with E-state index in [-0.39, 0.29) is 17.4 Å². The molecule has 0 radical (unpaired) electrons. The van der Waals surface area contributed by atoms with E-state index in [0.717, 1.165) is 19.4 Å². The van der Waals surface area contributed by atoms with Crippen LogP contribution in [-0.2, 0) is 4.79 Å². The van der Waals surface area contributed by atoms with Gasteiger partial charge in [0.1, 0.15) is 5.84 Å². The first-order valence-electron chi connectivity index (χ1n) is 5.87. The molecular weight excluding hydrogens is 202 g/mol. The molecule has 2 N–H and O–H groups in total. The number of carbonyl (C=O) groups is 1. The summed E-state index contributed by atoms with van der Waals surface area (Å²) in [6, 6.07) is 0.0276. The molecule has 1 saturated heterocycles. The molecule has 0 aromatic rings. The Morgan fingerprint density at radius 1 is 1.50 bits per heavy atom. The first-order valence-corrected chi connectivity index (χ1v) is 5.87. The van der Waals surface area contributed by atoms with Gasteiger partial charge in [-0.25, -0.2) is 0 Å². The van der Waals surface area contributed by atoms with Crippen molar-refractivity contribution in [2.24, 2.45) is 16.1 Å². The molecule has 0 bridgehead atoms. The molecule has 0 aliphatic carbocycles. The van der Waals surface area contributed by atoms with Crippen molar-refractivity contribution in [3.63, 3.8) is 0 Å². The second-order valence-corrected chi connectivity index (χ2v) is 5.63. The molecule has 1 heterocycles. The van der Waals surface area contributed by atoms with Crippen molar-refractivity contribution in [1.29, 1.82) is 0 Å². The average Bonchev–Trinajstić information content (AvgIpc) is 2.62. The maximum atomic E-state index is 12.1. The summed E-state index contributed by atoms with van der Waals surface area (Å²) < 4.78 is 0. The van der Waals surface area contributed by atoms with Crippen LogP contribution in [-0.4, -0.2) is 36.3 Å². The molecule has 0 aromatic carbocycles. The number of aliphatic imine (C=N–C) groups is 1. The zero-order chi connectivity index (χ0) is 12.3. The van der Waals surface area contributed by atoms with Crippen LogP contribution in [0.2, 0.25) is 0 Å². The van der Waals surface area contributed by atoms with Gasteiger partial charge >= 0.3 is 0 Å². The van der Waals surface area contributed by atoms with Crippen LogP contribution in [0.5, 0.6) is 0 Å². The Morgan fingerprint density at radius 3 is 2.62 bits per heavy atom. The highest BCUT2D eigenvalue weighted by Gasteiger charge is 2.32. The highest BCUT2D eigenvalue weighted by molar-refractivity contribution is 5.90. The second-order valence-electron chi connectivity index (χ2n) is 5.63. The lowest BCUT2D eigenvalue weighted by molar-refractivity contribution is -0.132. The van der Waals surface area contributed by atoms with Gasteiger partial charge in [-0.05, 0) is 18.3 Å². The third kappa shape index (κ3) is 3.22. The number of hydrogen-bond donors (Lipinski definition) is 1. The zero-order valence-electron chi connectivity index (χ0n) is 10.8. The molecule has 1 amide bonds. The molecule has 0 spiro atoms. The van der Waals surface area contributed by atoms with Gasteiger partial charge in [-0.15, -0.1) is 0 Å². The lowest BCUT2D eigenvalue weighted by Crippen LogP contribution is -2.44. The minimum absolute atomic E-state index is 0.0276. The topological polar surface area (TPSA) is 58.7 Å². The van der Waals surface area contributed by atoms with E-state index in [1.54, 1.807) is 7.05 Å². The molecule has 4 heteroatoms. The zero-order valence-corrected chi connectivity index (χ0v) is 10.8. The third-order valence-corrected chi connectivity index (χ3v) is 2.85. The third-order valence-electron chi connectivity index (χ3n) is 2.85. The summed E-state index contributed by atoms with van der Waals surface area (Å²) in [5.41, 5.74) is 5.86. The summed E-state index contributed by atoms with van der Waals surface area (Å²) in [4.78, 5) is 18.0. The van der Waals surface area contributed by atoms with Gasteiger partial charge in [0, 0.05) is 20.0 Å². The summed E-state index contributed by atoms with van der Waals surface area (Å²) in [6.07, 6.45) is 2.54. The largest absolute Gasteiger partial charge is 0.386 e. The summed E-state index contributed by atoms with van der Waals surface area (Å²) in [7, 11) is 1.68. The summed E-state index contributed by atoms with van der Waals surface area (Å²) >= 11 is 0. The van der Waals surface area contributed by atoms with Crippen molar-refractivity contribution < 1.29 is 4.79 Å². The minimum Gasteiger partial charge on any atom is -0.386 e. The number of likely N-dealkylation sites (tertiary alicyclic amines) is 1. The maximum Gasteiger partial charge on any atom is 0.223 e. The van der Waals surface area contributed by atoms with Gasteiger partial charge in [-0.2, -0.15) is 0 Å². The minimum atomic E-state index is 0.0276. The van der Waals surface area contributed by atoms with Gasteiger partial charge in [0.25, 0.3) is 0 Å². The van der Waals surface area contributed by atoms with Crippen LogP contribution in [0.3, 0.4) is 0 Å². The molecule has 0 unspecified atom stereocenters. The average molecular weight is 225 g/mol. The number of hydrogen-bond acceptors (Lipinski definition) is 2. The van der Waals surface area contributed by atoms with Crippen LogP contribution in [0.15, 0.2) is 4.99 Å². The Hall–Kier alpha value is -1.06. The number of rotatable bonds is 2. The van der Waals surface area contributed by atoms with Gasteiger partial charge in [0.05, 0.1) is 6.04 Å². The quantitative estimate of drug-likeness (QED) is 0.570. The normalized spacial score (nSPS) is 22.6. The second kappa shape index (κ2) is 4.85. The predicted octanol–water partition coefficient (Wildman–Crippen LogP) is 1.40. The Kier molecular flexibility index (Phi) is 3.94. The molecule has 16 heavy (non-hydrogen) atoms. The monoisotopic (exact) mass is 225 g/mol. The Balaban J connectivity index is 2.69. The lowest BCUT2D eigenvalue weighted by Gasteiger charge is -2.27. The first-order chi connectivity index (χ1) is 7.35. The highest BCUT2D eigenvalue weighted by Crippen LogP contribution is 2.24. The molecule has 1 atom stereocenters. The predicted molar refractivity (Wildman–Crippen MR) is 66.4 cm³/mol. The van der Waals surface area contributed by atoms with Crippen molar-refractivity contribution in [2.45, 2.75) is 46.1 Å². The number of amidine groups is 1. The number of nitrogens with zero attached hydrogens (tertiary/aromatic N) is 2. The number of carbonyl (C=O) groups excluding carboxylic acids is 1. The van der Waals surface area contributed by atoms with E-state index in [4.69, 9.17) is 5.73 Å². The summed E-state index contributed by atoms with van der Waals surface area (Å²) in [5, 5.41) is 0. The smallest absolute Gasteiger partial charge is 0.223 e. The van der Waals surface area contributed by atoms with Crippen molar-refractivity contribution in [1.82, 2.24) is 4.90 Å². The van der Waals surface area contributed by atoms with Gasteiger partial charge in [-0.3, -0.25) is 9.79 Å². The van der Waals surface area contributed by atoms with Gasteiger partial charge < -0.3 is 10.6 Å². The molecule has 1 aliphatic rings. The molecule has 4 nitrogen and oxygen atoms in total. The van der Waals surface area contributed by atoms with Gasteiger partial charge in [0.15, 0.2) is 0 Å². The van der Waals surface area contributed by atoms with E-state index in [1.165, 1.54) is 0 Å². The molecule has 1 aliphatic heterocycles. The SMILES string of the molecule is CN=C(N)[C@@H]1CCCN1C(=O)CC(C)(C)C. The fourth-order valence-corrected chi connectivity index (χ4v) is 2.08. The maximum absolute atomic E-state index is 12.1. The van der Waals surface area contributed by atoms with Gasteiger partial charge in [0.2, 0.25) is 5.91 Å². The van der Waals surface area contributed by atoms with E-state index in [9.17, 15) is 4.79 Å². The fraction of sp³-hybridized carbons (Fsp3) is 0.833. The molecule has 1 rings (SSSR count). The number of nitrogens with two attached hydrogens (primary N) is 1. The van der Waals surface area contributed by atoms with Crippen LogP contribution < -0.4 is 5.73 Å². The Morgan fingerprint density at radius 2 is 2.12 bits per heavy atom. The van der Waals surface area contributed by atoms with Crippen molar-refractivity contribution >= 4 is 11.7 Å². The van der Waals surface area contributed by atoms with Crippen molar-refractivity contribution in [2.75, 3.05) is 13.6 Å². The molecular formula is C12H23N3O. The van der Waals surface area contributed by atoms with Crippen LogP contribution in [0.25, 0.3) is 0 Å². The summed E-state index contributed by atoms with van der Waals surface area (Å²) in [6.45, 7) is 7.05. The molecule has 1 fully saturated rings. The molecule has 0 aromatic heterocycles. The van der Waals surface area contributed by atoms with E-state index in [1.807, 2.05) is 4.90 Å². The molecule has 0 saturated carbocycles. The lowest BCUT2D eigenvalue weighted by atomic mass is 9.91. The number of amides is 1. The van der Waals surface area contributed by atoms with Crippen molar-refractivity contribution in [3.05, 3.63) is 0 Å². The van der Waals surface area contributed by atoms with E-state index in [2.05, 4.69) is 25.8 Å². The van der Waals surface area contributed by atoms with Crippen molar-refractivity contribution in [3.8, 4) is 0 Å². The Bertz CT molecular complexity index is 291. The van der Waals surface area contributed by atoms with E-state index >= 15 is 0 Å². The van der Waals surface area contributed by atoms with Crippen LogP contribution in [0.1, 0.15) is 40.0 Å². The standard InChI is InChI=1S/C12H23N3O/c1-12(2,3)8-10(16)15-7-5-6-9(15)11(13)14-4/h9H,5-8H2,1-4H3,(H2,13,14)/t9-/m0/s1. The van der Waals surface area contributed by atoms with Crippen LogP contribution in [0.4, 0.5) is 0 Å². The first kappa shape index (κ1) is 13.0. The Labute approximate surface area is 97.9 Å². The van der Waals surface area contributed by atoms with E-state index in [0.29, 0.717) is 12.3 Å². The van der Waals surface area contributed by atoms with E-state index < -0.39 is 0 Å². The van der Waals surface area contributed by atoms with Crippen LogP contribution >= 0.6 is 0 Å². The van der Waals surface area contributed by atoms with Crippen LogP contribution in [0, 0.1) is 5.41 Å². The highest BCUT2D eigenvalue weighted by atomic mass is 16.2. The van der Waals surface area contributed by atoms with Gasteiger partial charge in [-0.1, -0.05) is 20.8 Å². The molecule has 92 valence electrons.